The summed E-state index contributed by atoms with van der Waals surface area (Å²) < 4.78 is 12.4. The minimum Gasteiger partial charge on any atom is -0.493 e. The van der Waals surface area contributed by atoms with Gasteiger partial charge in [0.1, 0.15) is 11.9 Å². The summed E-state index contributed by atoms with van der Waals surface area (Å²) in [5.41, 5.74) is 2.35. The van der Waals surface area contributed by atoms with Crippen molar-refractivity contribution in [1.82, 2.24) is 19.6 Å². The number of aromatic nitrogens is 4. The first-order valence-electron chi connectivity index (χ1n) is 7.73. The predicted octanol–water partition coefficient (Wildman–Crippen LogP) is 2.50. The van der Waals surface area contributed by atoms with Crippen molar-refractivity contribution >= 4 is 11.5 Å². The molecule has 0 saturated heterocycles. The van der Waals surface area contributed by atoms with Crippen molar-refractivity contribution in [2.45, 2.75) is 20.3 Å². The third kappa shape index (κ3) is 3.65. The van der Waals surface area contributed by atoms with Crippen LogP contribution in [0.5, 0.6) is 11.6 Å². The molecule has 0 amide bonds. The second-order valence-electron chi connectivity index (χ2n) is 5.39. The number of hydrogen-bond acceptors (Lipinski definition) is 7. The van der Waals surface area contributed by atoms with Gasteiger partial charge in [-0.15, -0.1) is 0 Å². The summed E-state index contributed by atoms with van der Waals surface area (Å²) in [6.45, 7) is 4.76. The summed E-state index contributed by atoms with van der Waals surface area (Å²) in [6, 6.07) is 5.08. The fourth-order valence-corrected chi connectivity index (χ4v) is 2.24. The molecule has 3 aromatic heterocycles. The zero-order valence-electron chi connectivity index (χ0n) is 13.9. The fourth-order valence-electron chi connectivity index (χ4n) is 2.24. The van der Waals surface area contributed by atoms with Gasteiger partial charge in [0.2, 0.25) is 5.65 Å². The predicted molar refractivity (Wildman–Crippen MR) is 89.0 cm³/mol. The maximum atomic E-state index is 10.9. The van der Waals surface area contributed by atoms with Crippen molar-refractivity contribution in [3.8, 4) is 11.6 Å². The Kier molecular flexibility index (Phi) is 4.73. The Labute approximate surface area is 143 Å². The first-order valence-corrected chi connectivity index (χ1v) is 7.73. The molecule has 0 aliphatic rings. The van der Waals surface area contributed by atoms with E-state index in [2.05, 4.69) is 15.1 Å². The van der Waals surface area contributed by atoms with Crippen molar-refractivity contribution < 1.29 is 14.4 Å². The smallest absolute Gasteiger partial charge is 0.368 e. The van der Waals surface area contributed by atoms with E-state index >= 15 is 0 Å². The molecule has 0 unspecified atom stereocenters. The topological polar surface area (TPSA) is 105 Å². The van der Waals surface area contributed by atoms with Gasteiger partial charge in [-0.1, -0.05) is 4.52 Å². The molecule has 0 aromatic carbocycles. The molecule has 3 rings (SSSR count). The second kappa shape index (κ2) is 7.12. The maximum Gasteiger partial charge on any atom is 0.368 e. The number of fused-ring (bicyclic) bond motifs is 1. The highest BCUT2D eigenvalue weighted by atomic mass is 16.6. The number of ether oxygens (including phenoxy) is 2. The third-order valence-corrected chi connectivity index (χ3v) is 3.71. The Morgan fingerprint density at radius 3 is 2.76 bits per heavy atom. The Morgan fingerprint density at radius 2 is 1.96 bits per heavy atom. The average Bonchev–Trinajstić information content (AvgIpc) is 3.01. The number of rotatable bonds is 7. The third-order valence-electron chi connectivity index (χ3n) is 3.71. The first kappa shape index (κ1) is 16.6. The number of hydrogen-bond donors (Lipinski definition) is 0. The van der Waals surface area contributed by atoms with Crippen LogP contribution < -0.4 is 9.47 Å². The maximum absolute atomic E-state index is 10.9. The van der Waals surface area contributed by atoms with Crippen LogP contribution in [0.1, 0.15) is 17.7 Å². The average molecular weight is 343 g/mol. The van der Waals surface area contributed by atoms with Crippen LogP contribution in [0.25, 0.3) is 5.65 Å². The van der Waals surface area contributed by atoms with E-state index in [-0.39, 0.29) is 5.82 Å². The molecule has 0 bridgehead atoms. The van der Waals surface area contributed by atoms with Gasteiger partial charge in [-0.25, -0.2) is 4.98 Å². The van der Waals surface area contributed by atoms with E-state index in [1.165, 1.54) is 6.20 Å². The molecule has 25 heavy (non-hydrogen) atoms. The Hall–Kier alpha value is -3.23. The monoisotopic (exact) mass is 343 g/mol. The molecule has 0 aliphatic heterocycles. The van der Waals surface area contributed by atoms with Gasteiger partial charge in [-0.3, -0.25) is 4.98 Å². The van der Waals surface area contributed by atoms with Crippen LogP contribution in [0.15, 0.2) is 30.6 Å². The van der Waals surface area contributed by atoms with Gasteiger partial charge in [0.05, 0.1) is 13.2 Å². The van der Waals surface area contributed by atoms with Crippen molar-refractivity contribution in [2.24, 2.45) is 0 Å². The van der Waals surface area contributed by atoms with Gasteiger partial charge >= 0.3 is 5.82 Å². The lowest BCUT2D eigenvalue weighted by atomic mass is 10.2. The van der Waals surface area contributed by atoms with Crippen LogP contribution in [0.4, 0.5) is 5.82 Å². The van der Waals surface area contributed by atoms with Gasteiger partial charge in [-0.2, -0.15) is 0 Å². The lowest BCUT2D eigenvalue weighted by molar-refractivity contribution is -0.391. The molecule has 3 heterocycles. The Balaban J connectivity index is 1.54. The molecule has 130 valence electrons. The standard InChI is InChI=1S/C16H17N5O4/c1-11-12(2)17-7-6-13(11)24-8-3-9-25-15-5-4-14-18-10-16(21(22)23)20(14)19-15/h4-7,10H,3,8-9H2,1-2H3. The molecule has 0 atom stereocenters. The number of nitrogens with zero attached hydrogens (tertiary/aromatic N) is 5. The van der Waals surface area contributed by atoms with Gasteiger partial charge in [0, 0.05) is 36.0 Å². The molecule has 0 N–H and O–H groups in total. The highest BCUT2D eigenvalue weighted by Crippen LogP contribution is 2.19. The normalized spacial score (nSPS) is 10.8. The minimum atomic E-state index is -0.538. The molecule has 0 saturated carbocycles. The zero-order valence-corrected chi connectivity index (χ0v) is 13.9. The van der Waals surface area contributed by atoms with Crippen molar-refractivity contribution in [3.05, 3.63) is 52.0 Å². The van der Waals surface area contributed by atoms with E-state index in [4.69, 9.17) is 9.47 Å². The van der Waals surface area contributed by atoms with E-state index in [9.17, 15) is 10.1 Å². The second-order valence-corrected chi connectivity index (χ2v) is 5.39. The van der Waals surface area contributed by atoms with Crippen LogP contribution in [0.2, 0.25) is 0 Å². The van der Waals surface area contributed by atoms with Gasteiger partial charge < -0.3 is 19.6 Å². The minimum absolute atomic E-state index is 0.202. The van der Waals surface area contributed by atoms with Crippen molar-refractivity contribution in [3.63, 3.8) is 0 Å². The van der Waals surface area contributed by atoms with Crippen molar-refractivity contribution in [1.29, 1.82) is 0 Å². The summed E-state index contributed by atoms with van der Waals surface area (Å²) in [6.07, 6.45) is 3.52. The summed E-state index contributed by atoms with van der Waals surface area (Å²) >= 11 is 0. The van der Waals surface area contributed by atoms with Crippen LogP contribution in [-0.4, -0.2) is 37.7 Å². The first-order chi connectivity index (χ1) is 12.1. The molecule has 0 radical (unpaired) electrons. The summed E-state index contributed by atoms with van der Waals surface area (Å²) in [5, 5.41) is 15.0. The molecule has 0 spiro atoms. The molecule has 0 aliphatic carbocycles. The molecular weight excluding hydrogens is 326 g/mol. The molecular formula is C16H17N5O4. The number of aryl methyl sites for hydroxylation is 1. The Morgan fingerprint density at radius 1 is 1.16 bits per heavy atom. The lowest BCUT2D eigenvalue weighted by Gasteiger charge is -2.10. The molecule has 9 heteroatoms. The Bertz CT molecular complexity index is 909. The number of nitro groups is 1. The number of pyridine rings is 1. The molecule has 9 nitrogen and oxygen atoms in total. The van der Waals surface area contributed by atoms with E-state index in [1.54, 1.807) is 18.3 Å². The number of imidazole rings is 1. The quantitative estimate of drug-likeness (QED) is 0.369. The lowest BCUT2D eigenvalue weighted by Crippen LogP contribution is -2.08. The summed E-state index contributed by atoms with van der Waals surface area (Å²) in [7, 11) is 0. The summed E-state index contributed by atoms with van der Waals surface area (Å²) in [4.78, 5) is 18.5. The fraction of sp³-hybridized carbons (Fsp3) is 0.312. The van der Waals surface area contributed by atoms with Gasteiger partial charge in [0.15, 0.2) is 0 Å². The van der Waals surface area contributed by atoms with Crippen LogP contribution in [0.3, 0.4) is 0 Å². The highest BCUT2D eigenvalue weighted by Gasteiger charge is 2.16. The van der Waals surface area contributed by atoms with Gasteiger partial charge in [-0.05, 0) is 29.9 Å². The van der Waals surface area contributed by atoms with E-state index < -0.39 is 4.92 Å². The van der Waals surface area contributed by atoms with Crippen LogP contribution in [-0.2, 0) is 0 Å². The van der Waals surface area contributed by atoms with Crippen molar-refractivity contribution in [2.75, 3.05) is 13.2 Å². The van der Waals surface area contributed by atoms with Gasteiger partial charge in [0.25, 0.3) is 5.88 Å². The van der Waals surface area contributed by atoms with E-state index in [0.29, 0.717) is 31.2 Å². The molecule has 3 aromatic rings. The van der Waals surface area contributed by atoms with Crippen LogP contribution >= 0.6 is 0 Å². The highest BCUT2D eigenvalue weighted by molar-refractivity contribution is 5.43. The summed E-state index contributed by atoms with van der Waals surface area (Å²) in [5.74, 6) is 0.901. The SMILES string of the molecule is Cc1nccc(OCCCOc2ccc3ncc([N+](=O)[O-])n3n2)c1C. The van der Waals surface area contributed by atoms with E-state index in [1.807, 2.05) is 19.9 Å². The molecule has 0 fully saturated rings. The zero-order chi connectivity index (χ0) is 17.8. The van der Waals surface area contributed by atoms with Crippen LogP contribution in [0, 0.1) is 24.0 Å². The van der Waals surface area contributed by atoms with E-state index in [0.717, 1.165) is 21.5 Å². The largest absolute Gasteiger partial charge is 0.493 e.